The van der Waals surface area contributed by atoms with E-state index in [0.717, 1.165) is 43.6 Å². The van der Waals surface area contributed by atoms with Gasteiger partial charge in [0.15, 0.2) is 0 Å². The summed E-state index contributed by atoms with van der Waals surface area (Å²) in [4.78, 5) is 18.2. The number of amides is 1. The quantitative estimate of drug-likeness (QED) is 0.602. The lowest BCUT2D eigenvalue weighted by Gasteiger charge is -2.39. The van der Waals surface area contributed by atoms with E-state index in [9.17, 15) is 4.79 Å². The van der Waals surface area contributed by atoms with Crippen LogP contribution in [0.25, 0.3) is 0 Å². The van der Waals surface area contributed by atoms with Crippen LogP contribution in [0.3, 0.4) is 0 Å². The fraction of sp³-hybridized carbons (Fsp3) is 0.346. The number of likely N-dealkylation sites (tertiary alicyclic amines) is 1. The number of carbonyl (C=O) groups excluding carboxylic acids is 1. The van der Waals surface area contributed by atoms with E-state index in [1.54, 1.807) is 0 Å². The van der Waals surface area contributed by atoms with Gasteiger partial charge in [-0.2, -0.15) is 0 Å². The predicted molar refractivity (Wildman–Crippen MR) is 121 cm³/mol. The highest BCUT2D eigenvalue weighted by Gasteiger charge is 2.29. The molecule has 0 spiro atoms. The van der Waals surface area contributed by atoms with Gasteiger partial charge in [-0.15, -0.1) is 0 Å². The third-order valence-electron chi connectivity index (χ3n) is 6.27. The van der Waals surface area contributed by atoms with Crippen LogP contribution in [0, 0.1) is 6.92 Å². The molecular weight excluding hydrogens is 370 g/mol. The van der Waals surface area contributed by atoms with Gasteiger partial charge in [0.1, 0.15) is 0 Å². The van der Waals surface area contributed by atoms with Gasteiger partial charge in [-0.3, -0.25) is 9.69 Å². The second kappa shape index (κ2) is 9.31. The van der Waals surface area contributed by atoms with E-state index in [1.165, 1.54) is 11.3 Å². The van der Waals surface area contributed by atoms with Crippen molar-refractivity contribution in [2.75, 3.05) is 13.1 Å². The fourth-order valence-electron chi connectivity index (χ4n) is 4.40. The maximum atomic E-state index is 13.6. The van der Waals surface area contributed by atoms with E-state index >= 15 is 0 Å². The second-order valence-corrected chi connectivity index (χ2v) is 8.35. The molecule has 0 N–H and O–H groups in total. The van der Waals surface area contributed by atoms with Crippen LogP contribution in [0.2, 0.25) is 0 Å². The molecule has 1 saturated heterocycles. The summed E-state index contributed by atoms with van der Waals surface area (Å²) in [6, 6.07) is 23.0. The van der Waals surface area contributed by atoms with Gasteiger partial charge in [0.05, 0.1) is 6.54 Å². The van der Waals surface area contributed by atoms with Crippen molar-refractivity contribution in [2.24, 2.45) is 7.05 Å². The Morgan fingerprint density at radius 1 is 0.967 bits per heavy atom. The van der Waals surface area contributed by atoms with Crippen LogP contribution < -0.4 is 0 Å². The highest BCUT2D eigenvalue weighted by Crippen LogP contribution is 2.24. The third-order valence-corrected chi connectivity index (χ3v) is 6.27. The Kier molecular flexibility index (Phi) is 6.34. The maximum absolute atomic E-state index is 13.6. The van der Waals surface area contributed by atoms with Crippen molar-refractivity contribution in [1.82, 2.24) is 14.4 Å². The van der Waals surface area contributed by atoms with Crippen LogP contribution in [-0.4, -0.2) is 39.4 Å². The Balaban J connectivity index is 1.49. The first-order valence-corrected chi connectivity index (χ1v) is 10.8. The van der Waals surface area contributed by atoms with Crippen molar-refractivity contribution < 1.29 is 4.79 Å². The lowest BCUT2D eigenvalue weighted by molar-refractivity contribution is 0.0536. The molecule has 1 fully saturated rings. The molecule has 4 heteroatoms. The number of nitrogens with zero attached hydrogens (tertiary/aromatic N) is 3. The van der Waals surface area contributed by atoms with Crippen molar-refractivity contribution in [3.63, 3.8) is 0 Å². The number of aryl methyl sites for hydroxylation is 2. The van der Waals surface area contributed by atoms with Crippen molar-refractivity contribution >= 4 is 5.91 Å². The number of hydrogen-bond donors (Lipinski definition) is 0. The van der Waals surface area contributed by atoms with Gasteiger partial charge < -0.3 is 9.47 Å². The molecule has 3 aromatic rings. The Morgan fingerprint density at radius 3 is 2.33 bits per heavy atom. The van der Waals surface area contributed by atoms with E-state index in [2.05, 4.69) is 50.8 Å². The summed E-state index contributed by atoms with van der Waals surface area (Å²) in [6.45, 7) is 5.70. The van der Waals surface area contributed by atoms with Gasteiger partial charge >= 0.3 is 0 Å². The standard InChI is InChI=1S/C26H31N3O/c1-21-9-6-7-13-25(21)26(30)29(20-24-12-8-16-27(24)2)23-14-17-28(18-15-23)19-22-10-4-3-5-11-22/h3-13,16,23H,14-15,17-20H2,1-2H3. The van der Waals surface area contributed by atoms with E-state index < -0.39 is 0 Å². The highest BCUT2D eigenvalue weighted by molar-refractivity contribution is 5.95. The third kappa shape index (κ3) is 4.65. The molecule has 0 radical (unpaired) electrons. The molecule has 0 atom stereocenters. The molecule has 0 aliphatic carbocycles. The molecule has 0 saturated carbocycles. The van der Waals surface area contributed by atoms with Gasteiger partial charge in [0.2, 0.25) is 0 Å². The van der Waals surface area contributed by atoms with Crippen LogP contribution >= 0.6 is 0 Å². The average Bonchev–Trinajstić information content (AvgIpc) is 3.18. The summed E-state index contributed by atoms with van der Waals surface area (Å²) in [7, 11) is 2.05. The molecule has 2 heterocycles. The van der Waals surface area contributed by atoms with E-state index in [-0.39, 0.29) is 11.9 Å². The molecule has 0 unspecified atom stereocenters. The minimum absolute atomic E-state index is 0.149. The molecule has 1 aromatic heterocycles. The summed E-state index contributed by atoms with van der Waals surface area (Å²) in [5, 5.41) is 0. The van der Waals surface area contributed by atoms with Crippen LogP contribution in [0.5, 0.6) is 0 Å². The van der Waals surface area contributed by atoms with Crippen LogP contribution in [0.4, 0.5) is 0 Å². The van der Waals surface area contributed by atoms with Crippen LogP contribution in [-0.2, 0) is 20.1 Å². The normalized spacial score (nSPS) is 15.3. The first-order valence-electron chi connectivity index (χ1n) is 10.8. The SMILES string of the molecule is Cc1ccccc1C(=O)N(Cc1cccn1C)C1CCN(Cc2ccccc2)CC1. The lowest BCUT2D eigenvalue weighted by atomic mass is 9.99. The highest BCUT2D eigenvalue weighted by atomic mass is 16.2. The topological polar surface area (TPSA) is 28.5 Å². The molecule has 0 bridgehead atoms. The summed E-state index contributed by atoms with van der Waals surface area (Å²) >= 11 is 0. The molecule has 156 valence electrons. The van der Waals surface area contributed by atoms with Crippen LogP contribution in [0.1, 0.15) is 40.0 Å². The number of rotatable bonds is 6. The Morgan fingerprint density at radius 2 is 1.67 bits per heavy atom. The number of benzene rings is 2. The number of hydrogen-bond acceptors (Lipinski definition) is 2. The zero-order valence-corrected chi connectivity index (χ0v) is 18.0. The Bertz CT molecular complexity index is 971. The zero-order valence-electron chi connectivity index (χ0n) is 18.0. The summed E-state index contributed by atoms with van der Waals surface area (Å²) < 4.78 is 2.11. The van der Waals surface area contributed by atoms with E-state index in [1.807, 2.05) is 50.5 Å². The van der Waals surface area contributed by atoms with E-state index in [4.69, 9.17) is 0 Å². The molecule has 1 aliphatic rings. The minimum Gasteiger partial charge on any atom is -0.353 e. The zero-order chi connectivity index (χ0) is 20.9. The number of aromatic nitrogens is 1. The van der Waals surface area contributed by atoms with E-state index in [0.29, 0.717) is 6.54 Å². The minimum atomic E-state index is 0.149. The van der Waals surface area contributed by atoms with Crippen molar-refractivity contribution in [3.05, 3.63) is 95.3 Å². The van der Waals surface area contributed by atoms with Crippen molar-refractivity contribution in [3.8, 4) is 0 Å². The molecule has 1 aliphatic heterocycles. The van der Waals surface area contributed by atoms with Gasteiger partial charge in [0.25, 0.3) is 5.91 Å². The smallest absolute Gasteiger partial charge is 0.254 e. The second-order valence-electron chi connectivity index (χ2n) is 8.35. The van der Waals surface area contributed by atoms with Crippen molar-refractivity contribution in [2.45, 2.75) is 38.9 Å². The molecule has 4 rings (SSSR count). The molecule has 4 nitrogen and oxygen atoms in total. The monoisotopic (exact) mass is 401 g/mol. The molecule has 30 heavy (non-hydrogen) atoms. The Hall–Kier alpha value is -2.85. The molecule has 1 amide bonds. The maximum Gasteiger partial charge on any atom is 0.254 e. The first-order chi connectivity index (χ1) is 14.6. The van der Waals surface area contributed by atoms with Gasteiger partial charge in [-0.25, -0.2) is 0 Å². The van der Waals surface area contributed by atoms with Gasteiger partial charge in [0, 0.05) is 50.2 Å². The Labute approximate surface area is 179 Å². The van der Waals surface area contributed by atoms with Gasteiger partial charge in [-0.05, 0) is 49.1 Å². The van der Waals surface area contributed by atoms with Crippen molar-refractivity contribution in [1.29, 1.82) is 0 Å². The summed E-state index contributed by atoms with van der Waals surface area (Å²) in [5.74, 6) is 0.149. The average molecular weight is 402 g/mol. The molecule has 2 aromatic carbocycles. The fourth-order valence-corrected chi connectivity index (χ4v) is 4.40. The largest absolute Gasteiger partial charge is 0.353 e. The van der Waals surface area contributed by atoms with Crippen LogP contribution in [0.15, 0.2) is 72.9 Å². The lowest BCUT2D eigenvalue weighted by Crippen LogP contribution is -2.47. The predicted octanol–water partition coefficient (Wildman–Crippen LogP) is 4.64. The molecular formula is C26H31N3O. The first kappa shape index (κ1) is 20.4. The number of piperidine rings is 1. The summed E-state index contributed by atoms with van der Waals surface area (Å²) in [5.41, 5.74) is 4.38. The summed E-state index contributed by atoms with van der Waals surface area (Å²) in [6.07, 6.45) is 4.07. The van der Waals surface area contributed by atoms with Gasteiger partial charge in [-0.1, -0.05) is 48.5 Å². The number of carbonyl (C=O) groups is 1.